The quantitative estimate of drug-likeness (QED) is 0.280. The molecule has 0 unspecified atom stereocenters. The van der Waals surface area contributed by atoms with Crippen LogP contribution in [0.25, 0.3) is 6.08 Å². The molecule has 1 atom stereocenters. The van der Waals surface area contributed by atoms with Gasteiger partial charge in [0, 0.05) is 24.4 Å². The summed E-state index contributed by atoms with van der Waals surface area (Å²) < 4.78 is 19.5. The van der Waals surface area contributed by atoms with E-state index < -0.39 is 17.8 Å². The fourth-order valence-electron chi connectivity index (χ4n) is 1.73. The number of carbonyl (C=O) groups is 1. The standard InChI is InChI=1S/C15H19FN4O3/c16-11-6-5-10(13(21)9-11)3-1-7-19-12(14(22)23)4-2-8-20-15(17)18/h1,3,5-7,9,12,21H,2,4,8H2,(H,22,23)(H4,17,18,20)/b3-1+,19-7+/t12-/m0/s1. The third-order valence-corrected chi connectivity index (χ3v) is 2.87. The van der Waals surface area contributed by atoms with Gasteiger partial charge in [0.2, 0.25) is 0 Å². The van der Waals surface area contributed by atoms with Gasteiger partial charge >= 0.3 is 5.97 Å². The van der Waals surface area contributed by atoms with Crippen LogP contribution in [0, 0.1) is 11.2 Å². The van der Waals surface area contributed by atoms with E-state index in [4.69, 9.17) is 12.3 Å². The number of hydrogen-bond acceptors (Lipinski definition) is 4. The number of guanidine groups is 1. The maximum Gasteiger partial charge on any atom is 0.328 e. The predicted molar refractivity (Wildman–Crippen MR) is 86.2 cm³/mol. The van der Waals surface area contributed by atoms with Gasteiger partial charge in [0.1, 0.15) is 17.6 Å². The summed E-state index contributed by atoms with van der Waals surface area (Å²) in [6.07, 6.45) is 5.03. The Morgan fingerprint density at radius 2 is 2.39 bits per heavy atom. The van der Waals surface area contributed by atoms with Crippen molar-refractivity contribution in [3.8, 4) is 5.75 Å². The van der Waals surface area contributed by atoms with Crippen LogP contribution in [0.5, 0.6) is 5.75 Å². The molecule has 0 aliphatic heterocycles. The van der Waals surface area contributed by atoms with Gasteiger partial charge in [-0.15, -0.1) is 0 Å². The molecule has 0 saturated carbocycles. The van der Waals surface area contributed by atoms with Crippen LogP contribution in [0.1, 0.15) is 18.4 Å². The Morgan fingerprint density at radius 3 is 3.04 bits per heavy atom. The van der Waals surface area contributed by atoms with Crippen LogP contribution >= 0.6 is 0 Å². The average molecular weight is 322 g/mol. The minimum atomic E-state index is -1.06. The number of phenols is 1. The lowest BCUT2D eigenvalue weighted by atomic mass is 10.1. The monoisotopic (exact) mass is 322 g/mol. The molecule has 1 aromatic rings. The highest BCUT2D eigenvalue weighted by Gasteiger charge is 2.14. The van der Waals surface area contributed by atoms with Gasteiger partial charge in [-0.25, -0.2) is 9.18 Å². The molecule has 0 aliphatic carbocycles. The molecule has 0 radical (unpaired) electrons. The summed E-state index contributed by atoms with van der Waals surface area (Å²) in [5.74, 6) is -1.86. The van der Waals surface area contributed by atoms with Gasteiger partial charge in [-0.1, -0.05) is 0 Å². The molecule has 0 heterocycles. The molecule has 0 aromatic heterocycles. The molecular weight excluding hydrogens is 303 g/mol. The summed E-state index contributed by atoms with van der Waals surface area (Å²) in [5.41, 5.74) is 5.67. The summed E-state index contributed by atoms with van der Waals surface area (Å²) >= 11 is 0. The van der Waals surface area contributed by atoms with Gasteiger partial charge in [0.15, 0.2) is 7.37 Å². The number of carboxylic acids is 1. The van der Waals surface area contributed by atoms with E-state index in [1.807, 2.05) is 0 Å². The number of aliphatic carboxylic acids is 1. The van der Waals surface area contributed by atoms with Gasteiger partial charge in [-0.05, 0) is 37.1 Å². The molecular formula is C15H19FN4O3. The van der Waals surface area contributed by atoms with E-state index in [1.165, 1.54) is 30.5 Å². The third kappa shape index (κ3) is 7.07. The smallest absolute Gasteiger partial charge is 0.328 e. The lowest BCUT2D eigenvalue weighted by Crippen LogP contribution is -2.31. The van der Waals surface area contributed by atoms with E-state index >= 15 is 0 Å². The first kappa shape index (κ1) is 16.5. The molecule has 1 aromatic carbocycles. The Balaban J connectivity index is 2.53. The molecule has 23 heavy (non-hydrogen) atoms. The molecule has 0 aliphatic rings. The molecule has 124 valence electrons. The van der Waals surface area contributed by atoms with E-state index in [9.17, 15) is 14.3 Å². The molecule has 1 rings (SSSR count). The Morgan fingerprint density at radius 1 is 1.61 bits per heavy atom. The fourth-order valence-corrected chi connectivity index (χ4v) is 1.73. The maximum absolute atomic E-state index is 12.8. The van der Waals surface area contributed by atoms with Gasteiger partial charge in [-0.2, -0.15) is 0 Å². The molecule has 8 heteroatoms. The van der Waals surface area contributed by atoms with E-state index in [0.29, 0.717) is 18.5 Å². The van der Waals surface area contributed by atoms with Crippen LogP contribution in [0.4, 0.5) is 4.39 Å². The van der Waals surface area contributed by atoms with Crippen molar-refractivity contribution in [2.24, 2.45) is 10.7 Å². The first-order valence-electron chi connectivity index (χ1n) is 7.31. The number of aromatic hydroxyl groups is 1. The number of hydrogen-bond donors (Lipinski definition) is 5. The van der Waals surface area contributed by atoms with Crippen molar-refractivity contribution < 1.29 is 20.8 Å². The minimum Gasteiger partial charge on any atom is -0.507 e. The van der Waals surface area contributed by atoms with Gasteiger partial charge in [0.25, 0.3) is 0 Å². The first-order chi connectivity index (χ1) is 11.4. The summed E-state index contributed by atoms with van der Waals surface area (Å²) in [5, 5.41) is 24.3. The number of nitrogens with one attached hydrogen (secondary N) is 2. The van der Waals surface area contributed by atoms with E-state index in [0.717, 1.165) is 6.07 Å². The molecule has 0 bridgehead atoms. The third-order valence-electron chi connectivity index (χ3n) is 2.87. The number of halogens is 1. The summed E-state index contributed by atoms with van der Waals surface area (Å²) in [7, 11) is 0. The van der Waals surface area contributed by atoms with Crippen molar-refractivity contribution in [1.82, 2.24) is 5.32 Å². The molecule has 0 fully saturated rings. The fraction of sp³-hybridized carbons (Fsp3) is 0.267. The number of carboxylic acid groups (broad SMARTS) is 1. The zero-order valence-corrected chi connectivity index (χ0v) is 12.3. The molecule has 0 spiro atoms. The molecule has 7 nitrogen and oxygen atoms in total. The van der Waals surface area contributed by atoms with Crippen molar-refractivity contribution in [2.75, 3.05) is 6.54 Å². The highest BCUT2D eigenvalue weighted by molar-refractivity contribution is 5.82. The second-order valence-electron chi connectivity index (χ2n) is 4.67. The summed E-state index contributed by atoms with van der Waals surface area (Å²) in [6, 6.07) is 2.66. The Hall–Kier alpha value is -2.90. The van der Waals surface area contributed by atoms with Crippen LogP contribution in [-0.4, -0.2) is 40.9 Å². The predicted octanol–water partition coefficient (Wildman–Crippen LogP) is 1.33. The van der Waals surface area contributed by atoms with Gasteiger partial charge < -0.3 is 21.3 Å². The first-order valence-corrected chi connectivity index (χ1v) is 6.86. The van der Waals surface area contributed by atoms with Crippen molar-refractivity contribution in [2.45, 2.75) is 18.9 Å². The Labute approximate surface area is 134 Å². The van der Waals surface area contributed by atoms with Gasteiger partial charge in [-0.3, -0.25) is 10.4 Å². The van der Waals surface area contributed by atoms with E-state index in [2.05, 4.69) is 15.7 Å². The number of nitrogens with two attached hydrogens (primary N) is 1. The summed E-state index contributed by atoms with van der Waals surface area (Å²) in [4.78, 5) is 15.1. The van der Waals surface area contributed by atoms with Crippen LogP contribution in [-0.2, 0) is 4.79 Å². The normalized spacial score (nSPS) is 14.1. The maximum atomic E-state index is 12.8. The number of phenolic OH excluding ortho intramolecular Hbond substituents is 1. The lowest BCUT2D eigenvalue weighted by molar-refractivity contribution is -0.138. The van der Waals surface area contributed by atoms with Crippen LogP contribution in [0.2, 0.25) is 1.41 Å². The number of rotatable bonds is 8. The Kier molecular flexibility index (Phi) is 6.58. The highest BCUT2D eigenvalue weighted by Crippen LogP contribution is 2.19. The van der Waals surface area contributed by atoms with Crippen LogP contribution in [0.15, 0.2) is 29.3 Å². The Bertz CT molecular complexity index is 650. The zero-order valence-electron chi connectivity index (χ0n) is 13.3. The number of nitrogens with zero attached hydrogens (tertiary/aromatic N) is 1. The van der Waals surface area contributed by atoms with Crippen molar-refractivity contribution >= 4 is 24.2 Å². The van der Waals surface area contributed by atoms with Crippen molar-refractivity contribution in [3.63, 3.8) is 0 Å². The average Bonchev–Trinajstić information content (AvgIpc) is 2.54. The van der Waals surface area contributed by atoms with E-state index in [1.54, 1.807) is 0 Å². The van der Waals surface area contributed by atoms with Crippen LogP contribution < -0.4 is 11.1 Å². The minimum absolute atomic E-state index is 0.0348. The van der Waals surface area contributed by atoms with Crippen LogP contribution in [0.3, 0.4) is 0 Å². The molecule has 6 N–H and O–H groups in total. The lowest BCUT2D eigenvalue weighted by Gasteiger charge is -2.07. The van der Waals surface area contributed by atoms with Crippen molar-refractivity contribution in [3.05, 3.63) is 35.7 Å². The number of benzene rings is 1. The second-order valence-corrected chi connectivity index (χ2v) is 4.67. The topological polar surface area (TPSA) is 132 Å². The van der Waals surface area contributed by atoms with Gasteiger partial charge in [0.05, 0.1) is 0 Å². The summed E-state index contributed by atoms with van der Waals surface area (Å²) in [6.45, 7) is 0.382. The highest BCUT2D eigenvalue weighted by atomic mass is 19.1. The number of allylic oxidation sites excluding steroid dienone is 1. The van der Waals surface area contributed by atoms with Crippen molar-refractivity contribution in [1.29, 1.82) is 5.40 Å². The second kappa shape index (κ2) is 9.19. The molecule has 0 amide bonds. The zero-order chi connectivity index (χ0) is 17.9. The number of aliphatic imine (C=N–C) groups is 1. The van der Waals surface area contributed by atoms with E-state index in [-0.39, 0.29) is 18.1 Å². The largest absolute Gasteiger partial charge is 0.507 e. The molecule has 0 saturated heterocycles. The SMILES string of the molecule is [H]/N=C(\N)NCCC[C@H](/N=C/C=C/c1ccc(F)cc1O)C(=O)O.